The van der Waals surface area contributed by atoms with Gasteiger partial charge in [0.2, 0.25) is 0 Å². The summed E-state index contributed by atoms with van der Waals surface area (Å²) >= 11 is 0. The molecule has 0 aromatic rings. The van der Waals surface area contributed by atoms with Gasteiger partial charge in [0.15, 0.2) is 6.10 Å². The standard InChI is InChI=1S/C4H5BO8/c6-2-1-3(7)10-12-5(9)13-11-4(2)8/h2,6,9H,1H2. The number of hydrogen-bond donors (Lipinski definition) is 2. The number of aliphatic hydroxyl groups excluding tert-OH is 1. The maximum atomic E-state index is 10.6. The van der Waals surface area contributed by atoms with Gasteiger partial charge in [-0.1, -0.05) is 0 Å². The zero-order chi connectivity index (χ0) is 9.84. The normalized spacial score (nSPS) is 25.4. The Morgan fingerprint density at radius 2 is 1.92 bits per heavy atom. The Kier molecular flexibility index (Phi) is 3.20. The van der Waals surface area contributed by atoms with Gasteiger partial charge in [-0.3, -0.25) is 0 Å². The lowest BCUT2D eigenvalue weighted by atomic mass is 10.3. The Morgan fingerprint density at radius 3 is 2.62 bits per heavy atom. The van der Waals surface area contributed by atoms with Crippen LogP contribution < -0.4 is 0 Å². The van der Waals surface area contributed by atoms with Gasteiger partial charge in [0.1, 0.15) is 0 Å². The number of hydrogen-bond acceptors (Lipinski definition) is 8. The van der Waals surface area contributed by atoms with Crippen molar-refractivity contribution in [1.82, 2.24) is 0 Å². The van der Waals surface area contributed by atoms with Crippen LogP contribution in [0.1, 0.15) is 6.42 Å². The summed E-state index contributed by atoms with van der Waals surface area (Å²) in [5.74, 6) is -2.25. The van der Waals surface area contributed by atoms with Gasteiger partial charge in [0, 0.05) is 0 Å². The van der Waals surface area contributed by atoms with Crippen LogP contribution in [0.4, 0.5) is 0 Å². The van der Waals surface area contributed by atoms with Crippen molar-refractivity contribution in [2.75, 3.05) is 0 Å². The molecule has 8 nitrogen and oxygen atoms in total. The van der Waals surface area contributed by atoms with Crippen LogP contribution in [0, 0.1) is 0 Å². The molecule has 0 bridgehead atoms. The average molecular weight is 192 g/mol. The fourth-order valence-corrected chi connectivity index (χ4v) is 0.530. The summed E-state index contributed by atoms with van der Waals surface area (Å²) in [6.07, 6.45) is -2.35. The quantitative estimate of drug-likeness (QED) is 0.324. The smallest absolute Gasteiger partial charge is 0.398 e. The zero-order valence-corrected chi connectivity index (χ0v) is 6.21. The van der Waals surface area contributed by atoms with Crippen molar-refractivity contribution in [1.29, 1.82) is 0 Å². The minimum Gasteiger partial charge on any atom is -0.398 e. The summed E-state index contributed by atoms with van der Waals surface area (Å²) in [5.41, 5.74) is 0. The SMILES string of the molecule is O=C1CC(O)C(=O)OOB(O)OO1. The Balaban J connectivity index is 2.59. The van der Waals surface area contributed by atoms with E-state index < -0.39 is 31.8 Å². The number of carbonyl (C=O) groups is 2. The second-order valence-electron chi connectivity index (χ2n) is 2.08. The van der Waals surface area contributed by atoms with E-state index in [1.165, 1.54) is 0 Å². The highest BCUT2D eigenvalue weighted by atomic mass is 17.3. The predicted octanol–water partition coefficient (Wildman–Crippen LogP) is -2.32. The van der Waals surface area contributed by atoms with Gasteiger partial charge in [-0.2, -0.15) is 9.61 Å². The van der Waals surface area contributed by atoms with Crippen LogP contribution in [0.2, 0.25) is 0 Å². The first-order valence-corrected chi connectivity index (χ1v) is 3.19. The van der Waals surface area contributed by atoms with Crippen LogP contribution in [-0.4, -0.2) is 35.5 Å². The molecule has 0 spiro atoms. The lowest BCUT2D eigenvalue weighted by molar-refractivity contribution is -0.270. The lowest BCUT2D eigenvalue weighted by Gasteiger charge is -2.03. The topological polar surface area (TPSA) is 112 Å². The molecule has 72 valence electrons. The molecule has 0 aliphatic carbocycles. The number of rotatable bonds is 0. The van der Waals surface area contributed by atoms with Crippen LogP contribution in [-0.2, 0) is 29.0 Å². The molecule has 13 heavy (non-hydrogen) atoms. The summed E-state index contributed by atoms with van der Waals surface area (Å²) in [4.78, 5) is 36.7. The molecule has 1 rings (SSSR count). The van der Waals surface area contributed by atoms with Crippen LogP contribution in [0.25, 0.3) is 0 Å². The van der Waals surface area contributed by atoms with E-state index in [0.29, 0.717) is 0 Å². The molecule has 0 aromatic carbocycles. The summed E-state index contributed by atoms with van der Waals surface area (Å²) in [6, 6.07) is 0. The number of carbonyl (C=O) groups excluding carboxylic acids is 2. The van der Waals surface area contributed by atoms with E-state index in [0.717, 1.165) is 0 Å². The van der Waals surface area contributed by atoms with Crippen molar-refractivity contribution >= 4 is 19.3 Å². The highest BCUT2D eigenvalue weighted by molar-refractivity contribution is 6.34. The summed E-state index contributed by atoms with van der Waals surface area (Å²) in [7, 11) is -2.03. The minimum absolute atomic E-state index is 0.644. The molecule has 2 N–H and O–H groups in total. The molecule has 1 heterocycles. The fourth-order valence-electron chi connectivity index (χ4n) is 0.530. The molecule has 9 heteroatoms. The van der Waals surface area contributed by atoms with Crippen molar-refractivity contribution in [3.8, 4) is 0 Å². The van der Waals surface area contributed by atoms with Crippen molar-refractivity contribution in [2.45, 2.75) is 12.5 Å². The van der Waals surface area contributed by atoms with E-state index in [-0.39, 0.29) is 0 Å². The zero-order valence-electron chi connectivity index (χ0n) is 6.21. The van der Waals surface area contributed by atoms with Crippen molar-refractivity contribution in [3.63, 3.8) is 0 Å². The summed E-state index contributed by atoms with van der Waals surface area (Å²) < 4.78 is 0. The van der Waals surface area contributed by atoms with Gasteiger partial charge in [-0.15, -0.1) is 0 Å². The Labute approximate surface area is 72.0 Å². The Morgan fingerprint density at radius 1 is 1.31 bits per heavy atom. The van der Waals surface area contributed by atoms with E-state index in [1.54, 1.807) is 0 Å². The number of aliphatic hydroxyl groups is 1. The predicted molar refractivity (Wildman–Crippen MR) is 33.0 cm³/mol. The maximum absolute atomic E-state index is 10.6. The van der Waals surface area contributed by atoms with Gasteiger partial charge < -0.3 is 19.9 Å². The second-order valence-corrected chi connectivity index (χ2v) is 2.08. The first-order valence-electron chi connectivity index (χ1n) is 3.19. The average Bonchev–Trinajstić information content (AvgIpc) is 2.13. The highest BCUT2D eigenvalue weighted by Crippen LogP contribution is 2.03. The van der Waals surface area contributed by atoms with Crippen LogP contribution >= 0.6 is 0 Å². The van der Waals surface area contributed by atoms with Crippen LogP contribution in [0.5, 0.6) is 0 Å². The second kappa shape index (κ2) is 4.19. The molecule has 1 saturated heterocycles. The van der Waals surface area contributed by atoms with Crippen molar-refractivity contribution in [2.24, 2.45) is 0 Å². The third-order valence-electron chi connectivity index (χ3n) is 1.07. The molecule has 1 unspecified atom stereocenters. The third-order valence-corrected chi connectivity index (χ3v) is 1.07. The van der Waals surface area contributed by atoms with Gasteiger partial charge in [-0.25, -0.2) is 9.59 Å². The van der Waals surface area contributed by atoms with Crippen molar-refractivity contribution in [3.05, 3.63) is 0 Å². The Hall–Kier alpha value is -1.16. The summed E-state index contributed by atoms with van der Waals surface area (Å²) in [6.45, 7) is 0. The molecule has 0 saturated carbocycles. The minimum atomic E-state index is -2.03. The third kappa shape index (κ3) is 2.99. The molecule has 1 aliphatic heterocycles. The molecule has 1 aliphatic rings. The molecule has 0 aromatic heterocycles. The van der Waals surface area contributed by atoms with Crippen LogP contribution in [0.3, 0.4) is 0 Å². The molecular weight excluding hydrogens is 187 g/mol. The lowest BCUT2D eigenvalue weighted by Crippen LogP contribution is -2.27. The van der Waals surface area contributed by atoms with E-state index in [1.807, 2.05) is 0 Å². The molecular formula is C4H5BO8. The van der Waals surface area contributed by atoms with E-state index >= 15 is 0 Å². The largest absolute Gasteiger partial charge is 0.713 e. The van der Waals surface area contributed by atoms with Gasteiger partial charge in [-0.05, 0) is 0 Å². The van der Waals surface area contributed by atoms with E-state index in [4.69, 9.17) is 10.1 Å². The van der Waals surface area contributed by atoms with Gasteiger partial charge >= 0.3 is 19.3 Å². The van der Waals surface area contributed by atoms with Gasteiger partial charge in [0.05, 0.1) is 6.42 Å². The van der Waals surface area contributed by atoms with Crippen molar-refractivity contribution < 1.29 is 39.1 Å². The highest BCUT2D eigenvalue weighted by Gasteiger charge is 2.31. The molecule has 0 amide bonds. The van der Waals surface area contributed by atoms with E-state index in [2.05, 4.69) is 19.4 Å². The summed E-state index contributed by atoms with van der Waals surface area (Å²) in [5, 5.41) is 17.5. The Bertz CT molecular complexity index is 216. The fraction of sp³-hybridized carbons (Fsp3) is 0.500. The first-order chi connectivity index (χ1) is 6.09. The maximum Gasteiger partial charge on any atom is 0.713 e. The van der Waals surface area contributed by atoms with Crippen LogP contribution in [0.15, 0.2) is 0 Å². The van der Waals surface area contributed by atoms with Gasteiger partial charge in [0.25, 0.3) is 0 Å². The molecule has 0 radical (unpaired) electrons. The monoisotopic (exact) mass is 192 g/mol. The first kappa shape index (κ1) is 9.93. The molecule has 1 atom stereocenters. The molecule has 1 fully saturated rings. The van der Waals surface area contributed by atoms with E-state index in [9.17, 15) is 9.59 Å².